The first kappa shape index (κ1) is 16.7. The molecule has 0 heterocycles. The Kier molecular flexibility index (Phi) is 9.00. The quantitative estimate of drug-likeness (QED) is 0.533. The first-order valence-corrected chi connectivity index (χ1v) is 6.36. The average molecular weight is 259 g/mol. The molecule has 2 amide bonds. The summed E-state index contributed by atoms with van der Waals surface area (Å²) in [5.41, 5.74) is 0. The molecule has 6 nitrogen and oxygen atoms in total. The highest BCUT2D eigenvalue weighted by molar-refractivity contribution is 5.75. The number of urea groups is 1. The van der Waals surface area contributed by atoms with Crippen LogP contribution in [0.4, 0.5) is 4.79 Å². The molecule has 1 atom stereocenters. The van der Waals surface area contributed by atoms with Gasteiger partial charge in [0.25, 0.3) is 0 Å². The van der Waals surface area contributed by atoms with Crippen LogP contribution in [-0.2, 0) is 4.79 Å². The SMILES string of the molecule is CCCC(CNC(=O)NCCCN(C)C)C(=O)O. The lowest BCUT2D eigenvalue weighted by molar-refractivity contribution is -0.141. The zero-order chi connectivity index (χ0) is 14.0. The summed E-state index contributed by atoms with van der Waals surface area (Å²) in [4.78, 5) is 24.3. The Morgan fingerprint density at radius 2 is 1.94 bits per heavy atom. The molecule has 0 saturated carbocycles. The molecule has 0 radical (unpaired) electrons. The van der Waals surface area contributed by atoms with E-state index in [1.54, 1.807) is 0 Å². The van der Waals surface area contributed by atoms with Crippen molar-refractivity contribution in [1.29, 1.82) is 0 Å². The molecule has 0 bridgehead atoms. The molecule has 0 aliphatic rings. The van der Waals surface area contributed by atoms with Crippen molar-refractivity contribution in [3.8, 4) is 0 Å². The Morgan fingerprint density at radius 3 is 2.44 bits per heavy atom. The standard InChI is InChI=1S/C12H25N3O3/c1-4-6-10(11(16)17)9-14-12(18)13-7-5-8-15(2)3/h10H,4-9H2,1-3H3,(H,16,17)(H2,13,14,18). The summed E-state index contributed by atoms with van der Waals surface area (Å²) >= 11 is 0. The van der Waals surface area contributed by atoms with Crippen LogP contribution in [0.5, 0.6) is 0 Å². The highest BCUT2D eigenvalue weighted by Crippen LogP contribution is 2.04. The molecule has 0 aliphatic heterocycles. The second kappa shape index (κ2) is 9.70. The molecule has 0 spiro atoms. The molecule has 1 unspecified atom stereocenters. The van der Waals surface area contributed by atoms with Gasteiger partial charge >= 0.3 is 12.0 Å². The highest BCUT2D eigenvalue weighted by atomic mass is 16.4. The van der Waals surface area contributed by atoms with Crippen molar-refractivity contribution in [3.63, 3.8) is 0 Å². The minimum absolute atomic E-state index is 0.183. The Labute approximate surface area is 109 Å². The van der Waals surface area contributed by atoms with E-state index in [1.165, 1.54) is 0 Å². The number of nitrogens with one attached hydrogen (secondary N) is 2. The molecule has 6 heteroatoms. The second-order valence-corrected chi connectivity index (χ2v) is 4.62. The van der Waals surface area contributed by atoms with Gasteiger partial charge in [0, 0.05) is 13.1 Å². The summed E-state index contributed by atoms with van der Waals surface area (Å²) in [5, 5.41) is 14.2. The number of rotatable bonds is 9. The molecule has 0 aromatic carbocycles. The van der Waals surface area contributed by atoms with Crippen molar-refractivity contribution in [2.24, 2.45) is 5.92 Å². The molecule has 0 rings (SSSR count). The summed E-state index contributed by atoms with van der Waals surface area (Å²) in [5.74, 6) is -1.35. The lowest BCUT2D eigenvalue weighted by Gasteiger charge is -2.13. The fraction of sp³-hybridized carbons (Fsp3) is 0.833. The third kappa shape index (κ3) is 8.81. The first-order chi connectivity index (χ1) is 8.47. The van der Waals surface area contributed by atoms with Crippen LogP contribution in [0.3, 0.4) is 0 Å². The van der Waals surface area contributed by atoms with Crippen molar-refractivity contribution in [2.75, 3.05) is 33.7 Å². The number of nitrogens with zero attached hydrogens (tertiary/aromatic N) is 1. The summed E-state index contributed by atoms with van der Waals surface area (Å²) in [6.45, 7) is 3.61. The zero-order valence-electron chi connectivity index (χ0n) is 11.5. The Morgan fingerprint density at radius 1 is 1.28 bits per heavy atom. The van der Waals surface area contributed by atoms with Crippen LogP contribution < -0.4 is 10.6 Å². The number of carboxylic acids is 1. The van der Waals surface area contributed by atoms with Crippen molar-refractivity contribution in [2.45, 2.75) is 26.2 Å². The summed E-state index contributed by atoms with van der Waals surface area (Å²) in [7, 11) is 3.95. The first-order valence-electron chi connectivity index (χ1n) is 6.36. The highest BCUT2D eigenvalue weighted by Gasteiger charge is 2.16. The van der Waals surface area contributed by atoms with Gasteiger partial charge in [-0.25, -0.2) is 4.79 Å². The smallest absolute Gasteiger partial charge is 0.314 e. The minimum Gasteiger partial charge on any atom is -0.481 e. The van der Waals surface area contributed by atoms with Crippen LogP contribution in [-0.4, -0.2) is 55.7 Å². The molecule has 3 N–H and O–H groups in total. The topological polar surface area (TPSA) is 81.7 Å². The van der Waals surface area contributed by atoms with Gasteiger partial charge in [0.15, 0.2) is 0 Å². The fourth-order valence-corrected chi connectivity index (χ4v) is 1.54. The van der Waals surface area contributed by atoms with Crippen LogP contribution >= 0.6 is 0 Å². The average Bonchev–Trinajstić information content (AvgIpc) is 2.29. The van der Waals surface area contributed by atoms with Gasteiger partial charge in [-0.05, 0) is 33.5 Å². The number of amides is 2. The Hall–Kier alpha value is -1.30. The number of carboxylic acid groups (broad SMARTS) is 1. The summed E-state index contributed by atoms with van der Waals surface area (Å²) < 4.78 is 0. The van der Waals surface area contributed by atoms with E-state index in [0.717, 1.165) is 19.4 Å². The van der Waals surface area contributed by atoms with Crippen molar-refractivity contribution >= 4 is 12.0 Å². The molecule has 0 aromatic rings. The monoisotopic (exact) mass is 259 g/mol. The van der Waals surface area contributed by atoms with Gasteiger partial charge in [-0.2, -0.15) is 0 Å². The van der Waals surface area contributed by atoms with Crippen LogP contribution in [0.15, 0.2) is 0 Å². The van der Waals surface area contributed by atoms with Gasteiger partial charge in [0.1, 0.15) is 0 Å². The second-order valence-electron chi connectivity index (χ2n) is 4.62. The zero-order valence-corrected chi connectivity index (χ0v) is 11.5. The predicted molar refractivity (Wildman–Crippen MR) is 70.6 cm³/mol. The molecular formula is C12H25N3O3. The Bertz CT molecular complexity index is 257. The maximum atomic E-state index is 11.4. The largest absolute Gasteiger partial charge is 0.481 e. The number of hydrogen-bond donors (Lipinski definition) is 3. The van der Waals surface area contributed by atoms with Crippen LogP contribution in [0, 0.1) is 5.92 Å². The number of carbonyl (C=O) groups excluding carboxylic acids is 1. The Balaban J connectivity index is 3.70. The predicted octanol–water partition coefficient (Wildman–Crippen LogP) is 0.738. The van der Waals surface area contributed by atoms with E-state index in [4.69, 9.17) is 5.11 Å². The molecule has 106 valence electrons. The normalized spacial score (nSPS) is 12.2. The molecule has 18 heavy (non-hydrogen) atoms. The van der Waals surface area contributed by atoms with E-state index in [1.807, 2.05) is 25.9 Å². The van der Waals surface area contributed by atoms with Gasteiger partial charge < -0.3 is 20.6 Å². The third-order valence-corrected chi connectivity index (χ3v) is 2.56. The van der Waals surface area contributed by atoms with Crippen molar-refractivity contribution in [1.82, 2.24) is 15.5 Å². The molecule has 0 aliphatic carbocycles. The minimum atomic E-state index is -0.857. The van der Waals surface area contributed by atoms with Crippen molar-refractivity contribution < 1.29 is 14.7 Å². The van der Waals surface area contributed by atoms with Gasteiger partial charge in [0.05, 0.1) is 5.92 Å². The van der Waals surface area contributed by atoms with Crippen LogP contribution in [0.2, 0.25) is 0 Å². The van der Waals surface area contributed by atoms with E-state index >= 15 is 0 Å². The number of carbonyl (C=O) groups is 2. The van der Waals surface area contributed by atoms with Crippen LogP contribution in [0.1, 0.15) is 26.2 Å². The number of hydrogen-bond acceptors (Lipinski definition) is 3. The van der Waals surface area contributed by atoms with E-state index < -0.39 is 11.9 Å². The maximum Gasteiger partial charge on any atom is 0.314 e. The molecule has 0 fully saturated rings. The van der Waals surface area contributed by atoms with E-state index in [9.17, 15) is 9.59 Å². The van der Waals surface area contributed by atoms with E-state index in [2.05, 4.69) is 10.6 Å². The van der Waals surface area contributed by atoms with E-state index in [0.29, 0.717) is 13.0 Å². The van der Waals surface area contributed by atoms with Gasteiger partial charge in [0.2, 0.25) is 0 Å². The van der Waals surface area contributed by atoms with Gasteiger partial charge in [-0.1, -0.05) is 13.3 Å². The van der Waals surface area contributed by atoms with E-state index in [-0.39, 0.29) is 12.6 Å². The lowest BCUT2D eigenvalue weighted by atomic mass is 10.0. The fourth-order valence-electron chi connectivity index (χ4n) is 1.54. The summed E-state index contributed by atoms with van der Waals surface area (Å²) in [6.07, 6.45) is 2.25. The lowest BCUT2D eigenvalue weighted by Crippen LogP contribution is -2.40. The van der Waals surface area contributed by atoms with Crippen molar-refractivity contribution in [3.05, 3.63) is 0 Å². The molecular weight excluding hydrogens is 234 g/mol. The maximum absolute atomic E-state index is 11.4. The van der Waals surface area contributed by atoms with Gasteiger partial charge in [-0.3, -0.25) is 4.79 Å². The summed E-state index contributed by atoms with van der Waals surface area (Å²) in [6, 6.07) is -0.295. The molecule has 0 saturated heterocycles. The van der Waals surface area contributed by atoms with Crippen LogP contribution in [0.25, 0.3) is 0 Å². The number of aliphatic carboxylic acids is 1. The molecule has 0 aromatic heterocycles. The third-order valence-electron chi connectivity index (χ3n) is 2.56. The van der Waals surface area contributed by atoms with Gasteiger partial charge in [-0.15, -0.1) is 0 Å².